The molecule has 3 aromatic carbocycles. The van der Waals surface area contributed by atoms with E-state index >= 15 is 0 Å². The number of ether oxygens (including phenoxy) is 1. The fraction of sp³-hybridized carbons (Fsp3) is 0.333. The molecule has 0 atom stereocenters. The molecule has 5 rings (SSSR count). The summed E-state index contributed by atoms with van der Waals surface area (Å²) in [6.07, 6.45) is 0. The lowest BCUT2D eigenvalue weighted by Crippen LogP contribution is -2.34. The van der Waals surface area contributed by atoms with E-state index in [4.69, 9.17) is 8.92 Å². The average molecular weight is 559 g/mol. The summed E-state index contributed by atoms with van der Waals surface area (Å²) in [7, 11) is -9.07. The van der Waals surface area contributed by atoms with Gasteiger partial charge in [0.1, 0.15) is 16.4 Å². The molecule has 0 saturated heterocycles. The van der Waals surface area contributed by atoms with Crippen LogP contribution in [0.1, 0.15) is 44.4 Å². The van der Waals surface area contributed by atoms with Crippen LogP contribution in [0, 0.1) is 0 Å². The van der Waals surface area contributed by atoms with Crippen molar-refractivity contribution >= 4 is 31.6 Å². The van der Waals surface area contributed by atoms with Gasteiger partial charge >= 0.3 is 0 Å². The van der Waals surface area contributed by atoms with Gasteiger partial charge in [-0.15, -0.1) is 0 Å². The zero-order valence-corrected chi connectivity index (χ0v) is 23.3. The van der Waals surface area contributed by atoms with Gasteiger partial charge in [0, 0.05) is 54.2 Å². The molecule has 0 bridgehead atoms. The molecule has 2 aliphatic heterocycles. The van der Waals surface area contributed by atoms with Crippen molar-refractivity contribution in [3.05, 3.63) is 71.3 Å². The lowest BCUT2D eigenvalue weighted by molar-refractivity contribution is 0.164. The van der Waals surface area contributed by atoms with Crippen LogP contribution < -0.4 is 14.5 Å². The highest BCUT2D eigenvalue weighted by molar-refractivity contribution is 7.87. The van der Waals surface area contributed by atoms with Crippen LogP contribution in [-0.2, 0) is 30.0 Å². The molecular weight excluding hydrogens is 528 g/mol. The van der Waals surface area contributed by atoms with E-state index in [9.17, 15) is 21.4 Å². The van der Waals surface area contributed by atoms with Gasteiger partial charge < -0.3 is 14.5 Å². The monoisotopic (exact) mass is 558 g/mol. The second kappa shape index (κ2) is 9.26. The summed E-state index contributed by atoms with van der Waals surface area (Å²) in [6, 6.07) is 14.7. The van der Waals surface area contributed by atoms with Gasteiger partial charge in [-0.05, 0) is 76.2 Å². The number of fused-ring (bicyclic) bond motifs is 6. The van der Waals surface area contributed by atoms with Gasteiger partial charge in [-0.25, -0.2) is 4.18 Å². The fourth-order valence-corrected chi connectivity index (χ4v) is 7.42. The van der Waals surface area contributed by atoms with Gasteiger partial charge in [0.15, 0.2) is 5.60 Å². The molecule has 0 saturated carbocycles. The van der Waals surface area contributed by atoms with Crippen molar-refractivity contribution in [3.8, 4) is 11.5 Å². The Kier molecular flexibility index (Phi) is 6.46. The van der Waals surface area contributed by atoms with E-state index in [0.717, 1.165) is 43.6 Å². The number of hydrogen-bond acceptors (Lipinski definition) is 8. The third-order valence-electron chi connectivity index (χ3n) is 7.30. The Bertz CT molecular complexity index is 1570. The number of hydrogen-bond donors (Lipinski definition) is 1. The number of rotatable bonds is 7. The predicted octanol–water partition coefficient (Wildman–Crippen LogP) is 4.74. The minimum atomic E-state index is -4.65. The minimum absolute atomic E-state index is 0.254. The Hall–Kier alpha value is -3.12. The van der Waals surface area contributed by atoms with Gasteiger partial charge in [0.25, 0.3) is 20.2 Å². The van der Waals surface area contributed by atoms with Crippen molar-refractivity contribution in [2.45, 2.75) is 43.1 Å². The Morgan fingerprint density at radius 3 is 1.71 bits per heavy atom. The normalized spacial score (nSPS) is 16.3. The van der Waals surface area contributed by atoms with Crippen LogP contribution in [0.25, 0.3) is 0 Å². The molecule has 0 amide bonds. The summed E-state index contributed by atoms with van der Waals surface area (Å²) in [4.78, 5) is 3.41. The lowest BCUT2D eigenvalue weighted by Gasteiger charge is -2.37. The molecule has 0 radical (unpaired) electrons. The standard InChI is InChI=1S/C27H30N2O7S2/c1-5-28(6-2)18-9-13-24-22(15-18)27(23-16-19(29(7-3)8-4)10-14-25(23)35-24)21-12-11-20(37(30,31)32)17-26(21)38(33,34)36-27/h9-17H,5-8H2,1-4H3,(H,30,31,32). The van der Waals surface area contributed by atoms with Crippen molar-refractivity contribution in [2.75, 3.05) is 36.0 Å². The first-order valence-corrected chi connectivity index (χ1v) is 15.4. The molecule has 0 fully saturated rings. The summed E-state index contributed by atoms with van der Waals surface area (Å²) in [5, 5.41) is 0. The van der Waals surface area contributed by atoms with Crippen molar-refractivity contribution < 1.29 is 30.3 Å². The van der Waals surface area contributed by atoms with E-state index in [-0.39, 0.29) is 10.5 Å². The topological polar surface area (TPSA) is 113 Å². The van der Waals surface area contributed by atoms with E-state index in [1.807, 2.05) is 52.0 Å². The number of nitrogens with zero attached hydrogens (tertiary/aromatic N) is 2. The van der Waals surface area contributed by atoms with E-state index < -0.39 is 30.7 Å². The van der Waals surface area contributed by atoms with Crippen LogP contribution in [0.2, 0.25) is 0 Å². The van der Waals surface area contributed by atoms with Gasteiger partial charge in [-0.1, -0.05) is 6.07 Å². The van der Waals surface area contributed by atoms with Crippen molar-refractivity contribution in [1.29, 1.82) is 0 Å². The zero-order valence-electron chi connectivity index (χ0n) is 21.6. The quantitative estimate of drug-likeness (QED) is 0.324. The molecule has 0 aromatic heterocycles. The largest absolute Gasteiger partial charge is 0.457 e. The van der Waals surface area contributed by atoms with E-state index in [0.29, 0.717) is 22.6 Å². The van der Waals surface area contributed by atoms with E-state index in [1.54, 1.807) is 12.1 Å². The SMILES string of the molecule is CCN(CC)c1ccc2c(c1)C1(OS(=O)(=O)c3cc(S(=O)(=O)O)ccc31)c1cc(N(CC)CC)ccc1O2. The maximum Gasteiger partial charge on any atom is 0.298 e. The number of anilines is 2. The molecular formula is C27H30N2O7S2. The summed E-state index contributed by atoms with van der Waals surface area (Å²) in [5.41, 5.74) is 1.35. The van der Waals surface area contributed by atoms with Crippen LogP contribution in [0.4, 0.5) is 11.4 Å². The summed E-state index contributed by atoms with van der Waals surface area (Å²) < 4.78 is 72.7. The smallest absolute Gasteiger partial charge is 0.298 e. The second-order valence-corrected chi connectivity index (χ2v) is 12.1. The highest BCUT2D eigenvalue weighted by atomic mass is 32.2. The molecule has 0 unspecified atom stereocenters. The average Bonchev–Trinajstić information content (AvgIpc) is 3.13. The van der Waals surface area contributed by atoms with Crippen LogP contribution in [0.15, 0.2) is 64.4 Å². The van der Waals surface area contributed by atoms with Gasteiger partial charge in [-0.3, -0.25) is 4.55 Å². The van der Waals surface area contributed by atoms with Gasteiger partial charge in [0.05, 0.1) is 4.90 Å². The summed E-state index contributed by atoms with van der Waals surface area (Å²) >= 11 is 0. The first kappa shape index (κ1) is 26.5. The Balaban J connectivity index is 1.87. The highest BCUT2D eigenvalue weighted by Crippen LogP contribution is 2.59. The molecule has 0 aliphatic carbocycles. The van der Waals surface area contributed by atoms with Crippen molar-refractivity contribution in [2.24, 2.45) is 0 Å². The van der Waals surface area contributed by atoms with E-state index in [1.165, 1.54) is 12.1 Å². The molecule has 3 aromatic rings. The van der Waals surface area contributed by atoms with Crippen LogP contribution in [-0.4, -0.2) is 47.6 Å². The van der Waals surface area contributed by atoms with Gasteiger partial charge in [0.2, 0.25) is 0 Å². The van der Waals surface area contributed by atoms with Gasteiger partial charge in [-0.2, -0.15) is 16.8 Å². The first-order chi connectivity index (χ1) is 18.0. The van der Waals surface area contributed by atoms with Crippen LogP contribution in [0.3, 0.4) is 0 Å². The molecule has 9 nitrogen and oxygen atoms in total. The molecule has 1 spiro atoms. The first-order valence-electron chi connectivity index (χ1n) is 12.5. The Morgan fingerprint density at radius 1 is 0.763 bits per heavy atom. The second-order valence-electron chi connectivity index (χ2n) is 9.16. The molecule has 2 aliphatic rings. The van der Waals surface area contributed by atoms with E-state index in [2.05, 4.69) is 9.80 Å². The highest BCUT2D eigenvalue weighted by Gasteiger charge is 2.56. The third kappa shape index (κ3) is 3.96. The van der Waals surface area contributed by atoms with Crippen molar-refractivity contribution in [3.63, 3.8) is 0 Å². The minimum Gasteiger partial charge on any atom is -0.457 e. The molecule has 38 heavy (non-hydrogen) atoms. The summed E-state index contributed by atoms with van der Waals surface area (Å²) in [6.45, 7) is 11.1. The third-order valence-corrected chi connectivity index (χ3v) is 9.49. The fourth-order valence-electron chi connectivity index (χ4n) is 5.39. The van der Waals surface area contributed by atoms with Crippen LogP contribution in [0.5, 0.6) is 11.5 Å². The zero-order chi connectivity index (χ0) is 27.5. The maximum absolute atomic E-state index is 13.5. The number of benzene rings is 3. The molecule has 1 N–H and O–H groups in total. The molecule has 2 heterocycles. The predicted molar refractivity (Wildman–Crippen MR) is 144 cm³/mol. The van der Waals surface area contributed by atoms with Crippen molar-refractivity contribution in [1.82, 2.24) is 0 Å². The molecule has 11 heteroatoms. The lowest BCUT2D eigenvalue weighted by atomic mass is 9.77. The summed E-state index contributed by atoms with van der Waals surface area (Å²) in [5.74, 6) is 0.872. The Morgan fingerprint density at radius 2 is 1.26 bits per heavy atom. The van der Waals surface area contributed by atoms with Crippen LogP contribution >= 0.6 is 0 Å². The maximum atomic E-state index is 13.5. The Labute approximate surface area is 223 Å². The molecule has 202 valence electrons.